The average Bonchev–Trinajstić information content (AvgIpc) is 3.46. The van der Waals surface area contributed by atoms with Crippen LogP contribution in [0.2, 0.25) is 0 Å². The summed E-state index contributed by atoms with van der Waals surface area (Å²) in [6, 6.07) is 19.7. The van der Waals surface area contributed by atoms with E-state index in [-0.39, 0.29) is 6.61 Å². The van der Waals surface area contributed by atoms with Gasteiger partial charge in [-0.15, -0.1) is 0 Å². The van der Waals surface area contributed by atoms with Crippen LogP contribution in [0.1, 0.15) is 45.7 Å². The quantitative estimate of drug-likeness (QED) is 0.468. The van der Waals surface area contributed by atoms with Crippen molar-refractivity contribution in [2.45, 2.75) is 121 Å². The summed E-state index contributed by atoms with van der Waals surface area (Å²) in [6.45, 7) is 10.0. The van der Waals surface area contributed by atoms with Crippen LogP contribution in [0, 0.1) is 0 Å². The van der Waals surface area contributed by atoms with E-state index in [4.69, 9.17) is 42.6 Å². The molecule has 0 radical (unpaired) electrons. The van der Waals surface area contributed by atoms with Crippen molar-refractivity contribution >= 4 is 0 Å². The Morgan fingerprint density at radius 3 is 1.86 bits per heavy atom. The van der Waals surface area contributed by atoms with Gasteiger partial charge in [-0.3, -0.25) is 0 Å². The van der Waals surface area contributed by atoms with Crippen LogP contribution >= 0.6 is 0 Å². The van der Waals surface area contributed by atoms with Gasteiger partial charge < -0.3 is 47.7 Å². The summed E-state index contributed by atoms with van der Waals surface area (Å²) in [5, 5.41) is 11.5. The zero-order valence-electron chi connectivity index (χ0n) is 24.8. The molecule has 4 saturated heterocycles. The first kappa shape index (κ1) is 30.1. The normalized spacial score (nSPS) is 38.6. The highest BCUT2D eigenvalue weighted by Crippen LogP contribution is 2.44. The molecule has 4 fully saturated rings. The number of benzene rings is 2. The Labute approximate surface area is 247 Å². The van der Waals surface area contributed by atoms with Crippen molar-refractivity contribution in [3.63, 3.8) is 0 Å². The summed E-state index contributed by atoms with van der Waals surface area (Å²) in [5.41, 5.74) is 2.01. The fraction of sp³-hybridized carbons (Fsp3) is 0.625. The van der Waals surface area contributed by atoms with Gasteiger partial charge in [-0.1, -0.05) is 60.7 Å². The molecule has 6 rings (SSSR count). The predicted molar refractivity (Wildman–Crippen MR) is 149 cm³/mol. The van der Waals surface area contributed by atoms with Crippen molar-refractivity contribution in [1.29, 1.82) is 0 Å². The van der Waals surface area contributed by atoms with Crippen molar-refractivity contribution in [3.8, 4) is 0 Å². The third kappa shape index (κ3) is 6.58. The zero-order valence-corrected chi connectivity index (χ0v) is 24.8. The van der Waals surface area contributed by atoms with E-state index in [1.54, 1.807) is 0 Å². The minimum absolute atomic E-state index is 0.0724. The summed E-state index contributed by atoms with van der Waals surface area (Å²) in [7, 11) is 0. The number of hydrogen-bond acceptors (Lipinski definition) is 10. The van der Waals surface area contributed by atoms with Gasteiger partial charge >= 0.3 is 0 Å². The van der Waals surface area contributed by atoms with Crippen LogP contribution in [0.15, 0.2) is 60.7 Å². The smallest absolute Gasteiger partial charge is 0.190 e. The molecule has 42 heavy (non-hydrogen) atoms. The van der Waals surface area contributed by atoms with Gasteiger partial charge in [0.15, 0.2) is 24.2 Å². The number of rotatable bonds is 9. The molecule has 0 aliphatic carbocycles. The SMILES string of the molecule is CC1O[C@H](OCC2O[C@@H]3OC(C)(C)OC3C3OC(C)(C)O[C@@H]23)C(O)C(OCc2ccccc2)[C@H]1OCc1ccccc1. The van der Waals surface area contributed by atoms with Crippen LogP contribution in [0.25, 0.3) is 0 Å². The maximum atomic E-state index is 11.5. The minimum Gasteiger partial charge on any atom is -0.385 e. The molecular weight excluding hydrogens is 544 g/mol. The summed E-state index contributed by atoms with van der Waals surface area (Å²) < 4.78 is 55.8. The van der Waals surface area contributed by atoms with Gasteiger partial charge in [0.2, 0.25) is 0 Å². The second-order valence-corrected chi connectivity index (χ2v) is 12.3. The van der Waals surface area contributed by atoms with Crippen molar-refractivity contribution in [2.24, 2.45) is 0 Å². The lowest BCUT2D eigenvalue weighted by Crippen LogP contribution is -2.60. The molecule has 4 aliphatic rings. The lowest BCUT2D eigenvalue weighted by atomic mass is 9.98. The first-order valence-corrected chi connectivity index (χ1v) is 14.7. The monoisotopic (exact) mass is 586 g/mol. The molecule has 230 valence electrons. The predicted octanol–water partition coefficient (Wildman–Crippen LogP) is 3.68. The summed E-state index contributed by atoms with van der Waals surface area (Å²) >= 11 is 0. The Balaban J connectivity index is 1.15. The number of ether oxygens (including phenoxy) is 9. The molecule has 10 atom stereocenters. The number of aliphatic hydroxyl groups excluding tert-OH is 1. The third-order valence-corrected chi connectivity index (χ3v) is 8.00. The van der Waals surface area contributed by atoms with Crippen LogP contribution in [0.3, 0.4) is 0 Å². The van der Waals surface area contributed by atoms with E-state index in [0.717, 1.165) is 11.1 Å². The van der Waals surface area contributed by atoms with Crippen LogP contribution in [0.5, 0.6) is 0 Å². The molecule has 4 aliphatic heterocycles. The maximum absolute atomic E-state index is 11.5. The van der Waals surface area contributed by atoms with Crippen LogP contribution in [0.4, 0.5) is 0 Å². The molecule has 0 saturated carbocycles. The molecule has 10 heteroatoms. The Morgan fingerprint density at radius 2 is 1.21 bits per heavy atom. The van der Waals surface area contributed by atoms with Gasteiger partial charge in [0.25, 0.3) is 0 Å². The number of fused-ring (bicyclic) bond motifs is 3. The van der Waals surface area contributed by atoms with Crippen molar-refractivity contribution in [2.75, 3.05) is 6.61 Å². The largest absolute Gasteiger partial charge is 0.385 e. The molecular formula is C32H42O10. The van der Waals surface area contributed by atoms with Gasteiger partial charge in [-0.25, -0.2) is 0 Å². The van der Waals surface area contributed by atoms with Crippen LogP contribution < -0.4 is 0 Å². The highest BCUT2D eigenvalue weighted by Gasteiger charge is 2.61. The average molecular weight is 587 g/mol. The number of hydrogen-bond donors (Lipinski definition) is 1. The van der Waals surface area contributed by atoms with Crippen molar-refractivity contribution in [1.82, 2.24) is 0 Å². The minimum atomic E-state index is -1.12. The highest BCUT2D eigenvalue weighted by molar-refractivity contribution is 5.14. The van der Waals surface area contributed by atoms with Crippen LogP contribution in [-0.2, 0) is 55.8 Å². The van der Waals surface area contributed by atoms with Gasteiger partial charge in [-0.05, 0) is 45.7 Å². The highest BCUT2D eigenvalue weighted by atomic mass is 16.9. The molecule has 2 aromatic rings. The van der Waals surface area contributed by atoms with E-state index in [2.05, 4.69) is 0 Å². The molecule has 2 aromatic carbocycles. The van der Waals surface area contributed by atoms with Crippen molar-refractivity contribution < 1.29 is 47.7 Å². The summed E-state index contributed by atoms with van der Waals surface area (Å²) in [4.78, 5) is 0. The van der Waals surface area contributed by atoms with Crippen LogP contribution in [-0.4, -0.2) is 84.7 Å². The molecule has 6 unspecified atom stereocenters. The lowest BCUT2D eigenvalue weighted by molar-refractivity contribution is -0.321. The van der Waals surface area contributed by atoms with Gasteiger partial charge in [-0.2, -0.15) is 0 Å². The molecule has 0 aromatic heterocycles. The second-order valence-electron chi connectivity index (χ2n) is 12.3. The van der Waals surface area contributed by atoms with Crippen molar-refractivity contribution in [3.05, 3.63) is 71.8 Å². The Hall–Kier alpha value is -1.96. The molecule has 0 spiro atoms. The first-order chi connectivity index (χ1) is 20.1. The van der Waals surface area contributed by atoms with Gasteiger partial charge in [0.1, 0.15) is 42.7 Å². The Kier molecular flexibility index (Phi) is 8.74. The standard InChI is InChI=1S/C32H42O10/c1-19-24(34-16-20-12-8-6-9-13-20)26(35-17-21-14-10-7-11-15-21)23(33)29(37-19)36-18-22-25-27(40-31(2,3)39-25)28-30(38-22)42-32(4,5)41-28/h6-15,19,22-30,33H,16-18H2,1-5H3/t19?,22?,23?,24-,25-,26?,27?,28?,29-,30+/m0/s1. The van der Waals surface area contributed by atoms with Gasteiger partial charge in [0, 0.05) is 0 Å². The van der Waals surface area contributed by atoms with E-state index in [9.17, 15) is 5.11 Å². The number of aliphatic hydroxyl groups is 1. The fourth-order valence-corrected chi connectivity index (χ4v) is 6.10. The summed E-state index contributed by atoms with van der Waals surface area (Å²) in [6.07, 6.45) is -6.24. The molecule has 4 heterocycles. The zero-order chi connectivity index (χ0) is 29.5. The molecule has 0 bridgehead atoms. The van der Waals surface area contributed by atoms with E-state index in [1.807, 2.05) is 95.3 Å². The van der Waals surface area contributed by atoms with Gasteiger partial charge in [0.05, 0.1) is 25.9 Å². The molecule has 0 amide bonds. The summed E-state index contributed by atoms with van der Waals surface area (Å²) in [5.74, 6) is -1.64. The third-order valence-electron chi connectivity index (χ3n) is 8.00. The lowest BCUT2D eigenvalue weighted by Gasteiger charge is -2.44. The fourth-order valence-electron chi connectivity index (χ4n) is 6.10. The van der Waals surface area contributed by atoms with E-state index in [0.29, 0.717) is 13.2 Å². The van der Waals surface area contributed by atoms with E-state index >= 15 is 0 Å². The van der Waals surface area contributed by atoms with E-state index in [1.165, 1.54) is 0 Å². The Bertz CT molecular complexity index is 1160. The topological polar surface area (TPSA) is 103 Å². The Morgan fingerprint density at radius 1 is 0.667 bits per heavy atom. The maximum Gasteiger partial charge on any atom is 0.190 e. The second kappa shape index (κ2) is 12.2. The first-order valence-electron chi connectivity index (χ1n) is 14.7. The molecule has 10 nitrogen and oxygen atoms in total. The molecule has 1 N–H and O–H groups in total. The van der Waals surface area contributed by atoms with E-state index < -0.39 is 73.0 Å².